The molecule has 0 radical (unpaired) electrons. The van der Waals surface area contributed by atoms with Gasteiger partial charge in [-0.05, 0) is 15.9 Å². The van der Waals surface area contributed by atoms with Crippen LogP contribution in [0, 0.1) is 0 Å². The Morgan fingerprint density at radius 2 is 2.15 bits per heavy atom. The number of rotatable bonds is 4. The topological polar surface area (TPSA) is 89.8 Å². The molecule has 1 rings (SSSR count). The predicted molar refractivity (Wildman–Crippen MR) is 55.3 cm³/mol. The summed E-state index contributed by atoms with van der Waals surface area (Å²) in [5, 5.41) is 3.10. The lowest BCUT2D eigenvalue weighted by Gasteiger charge is -2.15. The molecule has 13 heavy (non-hydrogen) atoms. The number of hydrogen-bond donors (Lipinski definition) is 3. The zero-order chi connectivity index (χ0) is 9.68. The quantitative estimate of drug-likeness (QED) is 0.692. The van der Waals surface area contributed by atoms with Gasteiger partial charge in [0.1, 0.15) is 12.1 Å². The summed E-state index contributed by atoms with van der Waals surface area (Å²) < 4.78 is 0.807. The van der Waals surface area contributed by atoms with Crippen LogP contribution in [0.4, 0.5) is 5.82 Å². The Hall–Kier alpha value is -0.720. The fraction of sp³-hybridized carbons (Fsp3) is 0.429. The molecule has 0 amide bonds. The molecule has 0 bridgehead atoms. The number of nitrogens with one attached hydrogen (secondary N) is 1. The Morgan fingerprint density at radius 1 is 1.46 bits per heavy atom. The Balaban J connectivity index is 2.67. The van der Waals surface area contributed by atoms with Crippen LogP contribution in [0.2, 0.25) is 0 Å². The third kappa shape index (κ3) is 2.91. The van der Waals surface area contributed by atoms with E-state index in [2.05, 4.69) is 31.2 Å². The van der Waals surface area contributed by atoms with E-state index in [0.29, 0.717) is 13.1 Å². The standard InChI is InChI=1S/C7H12BrN5/c8-6-3-11-4-12-7(6)13-5(1-9)2-10/h3-5H,1-2,9-10H2,(H,11,12,13). The fourth-order valence-corrected chi connectivity index (χ4v) is 1.16. The van der Waals surface area contributed by atoms with E-state index in [1.165, 1.54) is 6.33 Å². The highest BCUT2D eigenvalue weighted by Crippen LogP contribution is 2.17. The second-order valence-corrected chi connectivity index (χ2v) is 3.39. The van der Waals surface area contributed by atoms with Crippen molar-refractivity contribution >= 4 is 21.7 Å². The monoisotopic (exact) mass is 245 g/mol. The predicted octanol–water partition coefficient (Wildman–Crippen LogP) is -0.0630. The molecule has 0 aliphatic rings. The largest absolute Gasteiger partial charge is 0.364 e. The summed E-state index contributed by atoms with van der Waals surface area (Å²) in [6.45, 7) is 0.958. The van der Waals surface area contributed by atoms with Crippen LogP contribution in [0.3, 0.4) is 0 Å². The molecule has 0 aliphatic heterocycles. The van der Waals surface area contributed by atoms with Crippen molar-refractivity contribution in [2.24, 2.45) is 11.5 Å². The van der Waals surface area contributed by atoms with Gasteiger partial charge in [0, 0.05) is 19.3 Å². The lowest BCUT2D eigenvalue weighted by molar-refractivity contribution is 0.731. The first-order valence-corrected chi connectivity index (χ1v) is 4.69. The van der Waals surface area contributed by atoms with E-state index in [9.17, 15) is 0 Å². The summed E-state index contributed by atoms with van der Waals surface area (Å²) >= 11 is 3.31. The van der Waals surface area contributed by atoms with Gasteiger partial charge in [-0.25, -0.2) is 9.97 Å². The van der Waals surface area contributed by atoms with Crippen molar-refractivity contribution < 1.29 is 0 Å². The van der Waals surface area contributed by atoms with E-state index in [1.807, 2.05) is 0 Å². The molecule has 1 aromatic heterocycles. The first-order chi connectivity index (χ1) is 6.27. The molecule has 5 N–H and O–H groups in total. The highest BCUT2D eigenvalue weighted by Gasteiger charge is 2.06. The molecule has 0 fully saturated rings. The van der Waals surface area contributed by atoms with Gasteiger partial charge in [-0.2, -0.15) is 0 Å². The van der Waals surface area contributed by atoms with Crippen molar-refractivity contribution in [1.82, 2.24) is 9.97 Å². The van der Waals surface area contributed by atoms with Crippen molar-refractivity contribution in [3.63, 3.8) is 0 Å². The van der Waals surface area contributed by atoms with Gasteiger partial charge in [0.05, 0.1) is 10.5 Å². The first-order valence-electron chi connectivity index (χ1n) is 3.90. The third-order valence-electron chi connectivity index (χ3n) is 1.58. The van der Waals surface area contributed by atoms with Crippen LogP contribution in [-0.4, -0.2) is 29.1 Å². The minimum atomic E-state index is 0.0474. The van der Waals surface area contributed by atoms with Crippen LogP contribution in [0.15, 0.2) is 17.0 Å². The highest BCUT2D eigenvalue weighted by molar-refractivity contribution is 9.10. The lowest BCUT2D eigenvalue weighted by Crippen LogP contribution is -2.36. The van der Waals surface area contributed by atoms with Crippen molar-refractivity contribution in [3.05, 3.63) is 17.0 Å². The van der Waals surface area contributed by atoms with Crippen LogP contribution < -0.4 is 16.8 Å². The number of halogens is 1. The van der Waals surface area contributed by atoms with Gasteiger partial charge in [0.25, 0.3) is 0 Å². The normalized spacial score (nSPS) is 10.5. The molecule has 1 heterocycles. The zero-order valence-electron chi connectivity index (χ0n) is 7.07. The molecular formula is C7H12BrN5. The van der Waals surface area contributed by atoms with Crippen molar-refractivity contribution in [3.8, 4) is 0 Å². The van der Waals surface area contributed by atoms with Crippen molar-refractivity contribution in [2.45, 2.75) is 6.04 Å². The molecule has 0 atom stereocenters. The second-order valence-electron chi connectivity index (χ2n) is 2.53. The van der Waals surface area contributed by atoms with Crippen LogP contribution in [0.5, 0.6) is 0 Å². The van der Waals surface area contributed by atoms with E-state index in [1.54, 1.807) is 6.20 Å². The van der Waals surface area contributed by atoms with Crippen LogP contribution in [-0.2, 0) is 0 Å². The molecule has 5 nitrogen and oxygen atoms in total. The van der Waals surface area contributed by atoms with Gasteiger partial charge in [0.15, 0.2) is 0 Å². The maximum atomic E-state index is 5.48. The minimum Gasteiger partial charge on any atom is -0.364 e. The van der Waals surface area contributed by atoms with E-state index < -0.39 is 0 Å². The minimum absolute atomic E-state index is 0.0474. The summed E-state index contributed by atoms with van der Waals surface area (Å²) in [4.78, 5) is 7.88. The summed E-state index contributed by atoms with van der Waals surface area (Å²) in [5.74, 6) is 0.718. The zero-order valence-corrected chi connectivity index (χ0v) is 8.66. The van der Waals surface area contributed by atoms with E-state index in [0.717, 1.165) is 10.3 Å². The van der Waals surface area contributed by atoms with Gasteiger partial charge in [-0.1, -0.05) is 0 Å². The van der Waals surface area contributed by atoms with E-state index in [-0.39, 0.29) is 6.04 Å². The van der Waals surface area contributed by atoms with Gasteiger partial charge < -0.3 is 16.8 Å². The average Bonchev–Trinajstić information content (AvgIpc) is 2.17. The molecule has 0 spiro atoms. The number of nitrogens with zero attached hydrogens (tertiary/aromatic N) is 2. The molecule has 0 saturated carbocycles. The molecule has 6 heteroatoms. The SMILES string of the molecule is NCC(CN)Nc1ncncc1Br. The maximum Gasteiger partial charge on any atom is 0.144 e. The first kappa shape index (κ1) is 10.4. The molecule has 0 unspecified atom stereocenters. The average molecular weight is 246 g/mol. The maximum absolute atomic E-state index is 5.48. The van der Waals surface area contributed by atoms with Gasteiger partial charge in [-0.15, -0.1) is 0 Å². The fourth-order valence-electron chi connectivity index (χ4n) is 0.826. The Bertz CT molecular complexity index is 263. The smallest absolute Gasteiger partial charge is 0.144 e. The van der Waals surface area contributed by atoms with Crippen molar-refractivity contribution in [1.29, 1.82) is 0 Å². The molecular weight excluding hydrogens is 234 g/mol. The van der Waals surface area contributed by atoms with Gasteiger partial charge in [0.2, 0.25) is 0 Å². The Morgan fingerprint density at radius 3 is 2.69 bits per heavy atom. The van der Waals surface area contributed by atoms with Crippen LogP contribution in [0.25, 0.3) is 0 Å². The molecule has 0 aromatic carbocycles. The summed E-state index contributed by atoms with van der Waals surface area (Å²) in [7, 11) is 0. The summed E-state index contributed by atoms with van der Waals surface area (Å²) in [6.07, 6.45) is 3.14. The Labute approximate surface area is 85.1 Å². The molecule has 0 aliphatic carbocycles. The van der Waals surface area contributed by atoms with Gasteiger partial charge >= 0.3 is 0 Å². The molecule has 0 saturated heterocycles. The van der Waals surface area contributed by atoms with Crippen LogP contribution >= 0.6 is 15.9 Å². The third-order valence-corrected chi connectivity index (χ3v) is 2.16. The number of nitrogens with two attached hydrogens (primary N) is 2. The highest BCUT2D eigenvalue weighted by atomic mass is 79.9. The summed E-state index contributed by atoms with van der Waals surface area (Å²) in [6, 6.07) is 0.0474. The van der Waals surface area contributed by atoms with E-state index >= 15 is 0 Å². The number of anilines is 1. The number of hydrogen-bond acceptors (Lipinski definition) is 5. The Kier molecular flexibility index (Phi) is 4.07. The van der Waals surface area contributed by atoms with Crippen molar-refractivity contribution in [2.75, 3.05) is 18.4 Å². The summed E-state index contributed by atoms with van der Waals surface area (Å²) in [5.41, 5.74) is 11.0. The van der Waals surface area contributed by atoms with E-state index in [4.69, 9.17) is 11.5 Å². The molecule has 1 aromatic rings. The lowest BCUT2D eigenvalue weighted by atomic mass is 10.3. The number of aromatic nitrogens is 2. The second kappa shape index (κ2) is 5.11. The van der Waals surface area contributed by atoms with Gasteiger partial charge in [-0.3, -0.25) is 0 Å². The van der Waals surface area contributed by atoms with Crippen LogP contribution in [0.1, 0.15) is 0 Å². The molecule has 72 valence electrons.